The maximum absolute atomic E-state index is 12.1. The van der Waals surface area contributed by atoms with Gasteiger partial charge in [-0.3, -0.25) is 4.79 Å². The van der Waals surface area contributed by atoms with E-state index in [9.17, 15) is 9.59 Å². The van der Waals surface area contributed by atoms with Gasteiger partial charge in [0.25, 0.3) is 0 Å². The van der Waals surface area contributed by atoms with Crippen LogP contribution in [0.2, 0.25) is 5.02 Å². The minimum Gasteiger partial charge on any atom is -0.444 e. The molecule has 2 amide bonds. The van der Waals surface area contributed by atoms with Crippen molar-refractivity contribution in [1.29, 1.82) is 0 Å². The number of ether oxygens (including phenoxy) is 1. The average Bonchev–Trinajstić information content (AvgIpc) is 3.01. The topological polar surface area (TPSA) is 84.4 Å². The number of rotatable bonds is 6. The zero-order valence-corrected chi connectivity index (χ0v) is 17.4. The van der Waals surface area contributed by atoms with Crippen molar-refractivity contribution in [3.8, 4) is 10.6 Å². The summed E-state index contributed by atoms with van der Waals surface area (Å²) in [5.74, 6) is -0.179. The van der Waals surface area contributed by atoms with Crippen LogP contribution in [0.1, 0.15) is 33.6 Å². The first-order valence-corrected chi connectivity index (χ1v) is 9.67. The first kappa shape index (κ1) is 21.1. The number of amides is 2. The highest BCUT2D eigenvalue weighted by atomic mass is 35.5. The molecule has 0 spiro atoms. The minimum absolute atomic E-state index is 0.179. The summed E-state index contributed by atoms with van der Waals surface area (Å²) in [5.41, 5.74) is 0.306. The lowest BCUT2D eigenvalue weighted by Gasteiger charge is -2.24. The summed E-state index contributed by atoms with van der Waals surface area (Å²) in [6.07, 6.45) is 0.374. The number of halogens is 1. The summed E-state index contributed by atoms with van der Waals surface area (Å²) in [6.45, 7) is 5.86. The average molecular weight is 411 g/mol. The second-order valence-corrected chi connectivity index (χ2v) is 8.39. The molecule has 1 aromatic carbocycles. The standard InChI is InChI=1S/C18H23ClN4O3S/c1-18(2,3)26-17(25)23(4)10-6-9-14(24)20-16-22-21-15(27-16)12-7-5-8-13(19)11-12/h5,7-8,11H,6,9-10H2,1-4H3,(H,20,22,24). The highest BCUT2D eigenvalue weighted by Gasteiger charge is 2.19. The Morgan fingerprint density at radius 2 is 2.04 bits per heavy atom. The van der Waals surface area contributed by atoms with Crippen LogP contribution < -0.4 is 5.32 Å². The number of carbonyl (C=O) groups excluding carboxylic acids is 2. The molecule has 0 radical (unpaired) electrons. The first-order chi connectivity index (χ1) is 12.6. The van der Waals surface area contributed by atoms with Gasteiger partial charge in [0.1, 0.15) is 10.6 Å². The fourth-order valence-corrected chi connectivity index (χ4v) is 3.05. The molecule has 1 aromatic heterocycles. The van der Waals surface area contributed by atoms with E-state index in [2.05, 4.69) is 15.5 Å². The largest absolute Gasteiger partial charge is 0.444 e. The first-order valence-electron chi connectivity index (χ1n) is 8.47. The number of anilines is 1. The van der Waals surface area contributed by atoms with E-state index in [1.807, 2.05) is 32.9 Å². The summed E-state index contributed by atoms with van der Waals surface area (Å²) in [5, 5.41) is 12.5. The van der Waals surface area contributed by atoms with Gasteiger partial charge in [0.15, 0.2) is 0 Å². The number of aromatic nitrogens is 2. The molecule has 1 N–H and O–H groups in total. The Labute approximate surface area is 167 Å². The lowest BCUT2D eigenvalue weighted by atomic mass is 10.2. The SMILES string of the molecule is CN(CCCC(=O)Nc1nnc(-c2cccc(Cl)c2)s1)C(=O)OC(C)(C)C. The van der Waals surface area contributed by atoms with Gasteiger partial charge in [-0.15, -0.1) is 10.2 Å². The van der Waals surface area contributed by atoms with Gasteiger partial charge in [0.05, 0.1) is 0 Å². The highest BCUT2D eigenvalue weighted by molar-refractivity contribution is 7.18. The Morgan fingerprint density at radius 3 is 2.70 bits per heavy atom. The van der Waals surface area contributed by atoms with E-state index in [1.54, 1.807) is 19.2 Å². The zero-order chi connectivity index (χ0) is 20.0. The van der Waals surface area contributed by atoms with Gasteiger partial charge in [-0.05, 0) is 39.3 Å². The predicted molar refractivity (Wildman–Crippen MR) is 107 cm³/mol. The molecule has 0 aliphatic carbocycles. The number of hydrogen-bond donors (Lipinski definition) is 1. The van der Waals surface area contributed by atoms with E-state index in [4.69, 9.17) is 16.3 Å². The molecule has 2 rings (SSSR count). The van der Waals surface area contributed by atoms with Gasteiger partial charge in [0, 0.05) is 30.6 Å². The van der Waals surface area contributed by atoms with Crippen molar-refractivity contribution in [2.24, 2.45) is 0 Å². The molecule has 0 saturated carbocycles. The Morgan fingerprint density at radius 1 is 1.30 bits per heavy atom. The Kier molecular flexibility index (Phi) is 7.15. The molecule has 2 aromatic rings. The number of carbonyl (C=O) groups is 2. The molecule has 0 aliphatic heterocycles. The predicted octanol–water partition coefficient (Wildman–Crippen LogP) is 4.44. The number of benzene rings is 1. The van der Waals surface area contributed by atoms with Gasteiger partial charge in [-0.2, -0.15) is 0 Å². The normalized spacial score (nSPS) is 11.1. The van der Waals surface area contributed by atoms with E-state index < -0.39 is 11.7 Å². The van der Waals surface area contributed by atoms with Crippen LogP contribution in [0.25, 0.3) is 10.6 Å². The van der Waals surface area contributed by atoms with Gasteiger partial charge >= 0.3 is 6.09 Å². The van der Waals surface area contributed by atoms with Crippen LogP contribution in [-0.2, 0) is 9.53 Å². The summed E-state index contributed by atoms with van der Waals surface area (Å²) in [4.78, 5) is 25.4. The monoisotopic (exact) mass is 410 g/mol. The van der Waals surface area contributed by atoms with Crippen LogP contribution in [0.3, 0.4) is 0 Å². The van der Waals surface area contributed by atoms with Crippen molar-refractivity contribution in [2.75, 3.05) is 18.9 Å². The van der Waals surface area contributed by atoms with E-state index >= 15 is 0 Å². The third kappa shape index (κ3) is 7.15. The van der Waals surface area contributed by atoms with Crippen molar-refractivity contribution < 1.29 is 14.3 Å². The summed E-state index contributed by atoms with van der Waals surface area (Å²) >= 11 is 7.25. The molecular formula is C18H23ClN4O3S. The van der Waals surface area contributed by atoms with E-state index in [0.717, 1.165) is 5.56 Å². The van der Waals surface area contributed by atoms with Crippen LogP contribution >= 0.6 is 22.9 Å². The maximum atomic E-state index is 12.1. The van der Waals surface area contributed by atoms with Crippen molar-refractivity contribution in [2.45, 2.75) is 39.2 Å². The highest BCUT2D eigenvalue weighted by Crippen LogP contribution is 2.28. The fraction of sp³-hybridized carbons (Fsp3) is 0.444. The lowest BCUT2D eigenvalue weighted by Crippen LogP contribution is -2.35. The van der Waals surface area contributed by atoms with E-state index in [-0.39, 0.29) is 12.3 Å². The molecule has 7 nitrogen and oxygen atoms in total. The van der Waals surface area contributed by atoms with Crippen LogP contribution in [0.5, 0.6) is 0 Å². The van der Waals surface area contributed by atoms with Crippen molar-refractivity contribution in [3.63, 3.8) is 0 Å². The number of nitrogens with zero attached hydrogens (tertiary/aromatic N) is 3. The molecule has 146 valence electrons. The van der Waals surface area contributed by atoms with Gasteiger partial charge in [-0.25, -0.2) is 4.79 Å². The molecule has 1 heterocycles. The van der Waals surface area contributed by atoms with Gasteiger partial charge in [-0.1, -0.05) is 35.1 Å². The molecule has 0 saturated heterocycles. The summed E-state index contributed by atoms with van der Waals surface area (Å²) in [6, 6.07) is 7.28. The molecule has 0 fully saturated rings. The Balaban J connectivity index is 1.79. The summed E-state index contributed by atoms with van der Waals surface area (Å²) in [7, 11) is 1.65. The van der Waals surface area contributed by atoms with Crippen LogP contribution in [0.4, 0.5) is 9.93 Å². The van der Waals surface area contributed by atoms with Crippen LogP contribution in [-0.4, -0.2) is 46.3 Å². The van der Waals surface area contributed by atoms with Crippen LogP contribution in [0.15, 0.2) is 24.3 Å². The Bertz CT molecular complexity index is 804. The second kappa shape index (κ2) is 9.14. The fourth-order valence-electron chi connectivity index (χ4n) is 2.10. The second-order valence-electron chi connectivity index (χ2n) is 6.98. The van der Waals surface area contributed by atoms with Crippen molar-refractivity contribution >= 4 is 40.1 Å². The quantitative estimate of drug-likeness (QED) is 0.760. The zero-order valence-electron chi connectivity index (χ0n) is 15.8. The summed E-state index contributed by atoms with van der Waals surface area (Å²) < 4.78 is 5.27. The molecule has 0 atom stereocenters. The molecule has 0 unspecified atom stereocenters. The third-order valence-electron chi connectivity index (χ3n) is 3.35. The molecular weight excluding hydrogens is 388 g/mol. The van der Waals surface area contributed by atoms with Gasteiger partial charge in [0.2, 0.25) is 11.0 Å². The molecule has 0 aliphatic rings. The van der Waals surface area contributed by atoms with Gasteiger partial charge < -0.3 is 15.0 Å². The molecule has 27 heavy (non-hydrogen) atoms. The van der Waals surface area contributed by atoms with E-state index in [0.29, 0.717) is 28.1 Å². The Hall–Kier alpha value is -2.19. The maximum Gasteiger partial charge on any atom is 0.410 e. The van der Waals surface area contributed by atoms with Crippen molar-refractivity contribution in [1.82, 2.24) is 15.1 Å². The number of nitrogens with one attached hydrogen (secondary N) is 1. The van der Waals surface area contributed by atoms with E-state index in [1.165, 1.54) is 16.2 Å². The van der Waals surface area contributed by atoms with Crippen LogP contribution in [0, 0.1) is 0 Å². The molecule has 0 bridgehead atoms. The number of hydrogen-bond acceptors (Lipinski definition) is 6. The minimum atomic E-state index is -0.540. The smallest absolute Gasteiger partial charge is 0.410 e. The lowest BCUT2D eigenvalue weighted by molar-refractivity contribution is -0.116. The van der Waals surface area contributed by atoms with Crippen molar-refractivity contribution in [3.05, 3.63) is 29.3 Å². The third-order valence-corrected chi connectivity index (χ3v) is 4.47. The molecule has 9 heteroatoms.